The van der Waals surface area contributed by atoms with Crippen molar-refractivity contribution in [1.29, 1.82) is 0 Å². The van der Waals surface area contributed by atoms with Gasteiger partial charge in [0.15, 0.2) is 0 Å². The molecule has 0 spiro atoms. The summed E-state index contributed by atoms with van der Waals surface area (Å²) >= 11 is 0. The molecule has 2 amide bonds. The van der Waals surface area contributed by atoms with Crippen LogP contribution in [0.25, 0.3) is 0 Å². The minimum atomic E-state index is -0.498. The molecule has 2 rings (SSSR count). The maximum absolute atomic E-state index is 12.9. The Morgan fingerprint density at radius 1 is 1.28 bits per heavy atom. The Labute approximate surface area is 175 Å². The second-order valence-electron chi connectivity index (χ2n) is 8.73. The number of rotatable bonds is 7. The number of anilines is 1. The number of carbonyl (C=O) groups excluding carboxylic acids is 2. The monoisotopic (exact) mass is 401 g/mol. The Balaban J connectivity index is 1.92. The summed E-state index contributed by atoms with van der Waals surface area (Å²) in [5.41, 5.74) is 0.387. The van der Waals surface area contributed by atoms with E-state index in [9.17, 15) is 9.59 Å². The fourth-order valence-corrected chi connectivity index (χ4v) is 3.61. The van der Waals surface area contributed by atoms with Crippen LogP contribution >= 0.6 is 0 Å². The minimum absolute atomic E-state index is 0.0669. The van der Waals surface area contributed by atoms with Gasteiger partial charge < -0.3 is 14.5 Å². The van der Waals surface area contributed by atoms with Crippen molar-refractivity contribution in [2.75, 3.05) is 44.7 Å². The molecule has 160 valence electrons. The molecule has 1 aliphatic heterocycles. The second kappa shape index (κ2) is 10.4. The molecule has 1 aliphatic rings. The van der Waals surface area contributed by atoms with Crippen LogP contribution in [0.3, 0.4) is 0 Å². The highest BCUT2D eigenvalue weighted by atomic mass is 16.6. The maximum atomic E-state index is 12.9. The molecule has 29 heavy (non-hydrogen) atoms. The van der Waals surface area contributed by atoms with Crippen molar-refractivity contribution in [2.24, 2.45) is 5.92 Å². The van der Waals surface area contributed by atoms with E-state index in [1.165, 1.54) is 0 Å². The molecular formula is C23H35N3O3. The summed E-state index contributed by atoms with van der Waals surface area (Å²) in [6.07, 6.45) is 3.52. The molecule has 1 aromatic carbocycles. The molecule has 1 saturated heterocycles. The molecule has 0 bridgehead atoms. The maximum Gasteiger partial charge on any atom is 0.410 e. The van der Waals surface area contributed by atoms with Crippen molar-refractivity contribution in [3.8, 4) is 0 Å². The number of likely N-dealkylation sites (tertiary alicyclic amines) is 1. The molecule has 0 saturated carbocycles. The summed E-state index contributed by atoms with van der Waals surface area (Å²) in [4.78, 5) is 30.8. The molecule has 1 unspecified atom stereocenters. The van der Waals surface area contributed by atoms with E-state index in [2.05, 4.69) is 11.5 Å². The van der Waals surface area contributed by atoms with Gasteiger partial charge in [0.2, 0.25) is 5.91 Å². The molecule has 0 N–H and O–H groups in total. The van der Waals surface area contributed by atoms with Gasteiger partial charge in [-0.15, -0.1) is 6.58 Å². The van der Waals surface area contributed by atoms with Crippen LogP contribution in [0.4, 0.5) is 10.5 Å². The summed E-state index contributed by atoms with van der Waals surface area (Å²) in [6.45, 7) is 12.6. The van der Waals surface area contributed by atoms with Crippen LogP contribution in [0.2, 0.25) is 0 Å². The van der Waals surface area contributed by atoms with Crippen molar-refractivity contribution in [2.45, 2.75) is 39.2 Å². The van der Waals surface area contributed by atoms with Gasteiger partial charge in [-0.05, 0) is 58.2 Å². The first-order valence-corrected chi connectivity index (χ1v) is 10.3. The highest BCUT2D eigenvalue weighted by Gasteiger charge is 2.27. The van der Waals surface area contributed by atoms with Crippen LogP contribution < -0.4 is 4.90 Å². The molecule has 0 aliphatic carbocycles. The zero-order chi connectivity index (χ0) is 21.4. The number of piperidine rings is 1. The predicted octanol–water partition coefficient (Wildman–Crippen LogP) is 3.78. The Bertz CT molecular complexity index is 684. The molecule has 1 aromatic rings. The van der Waals surface area contributed by atoms with E-state index in [1.807, 2.05) is 51.1 Å². The zero-order valence-electron chi connectivity index (χ0n) is 18.3. The second-order valence-corrected chi connectivity index (χ2v) is 8.73. The van der Waals surface area contributed by atoms with E-state index in [-0.39, 0.29) is 12.0 Å². The van der Waals surface area contributed by atoms with Crippen molar-refractivity contribution < 1.29 is 14.3 Å². The third-order valence-electron chi connectivity index (χ3n) is 4.88. The molecule has 0 radical (unpaired) electrons. The first kappa shape index (κ1) is 22.9. The van der Waals surface area contributed by atoms with E-state index < -0.39 is 5.60 Å². The van der Waals surface area contributed by atoms with E-state index in [0.717, 1.165) is 31.6 Å². The van der Waals surface area contributed by atoms with Gasteiger partial charge >= 0.3 is 6.09 Å². The lowest BCUT2D eigenvalue weighted by Gasteiger charge is -2.35. The average Bonchev–Trinajstić information content (AvgIpc) is 2.65. The van der Waals surface area contributed by atoms with Gasteiger partial charge in [0.1, 0.15) is 5.60 Å². The Morgan fingerprint density at radius 2 is 1.97 bits per heavy atom. The Hall–Kier alpha value is -2.34. The fraction of sp³-hybridized carbons (Fsp3) is 0.565. The Morgan fingerprint density at radius 3 is 2.59 bits per heavy atom. The van der Waals surface area contributed by atoms with E-state index >= 15 is 0 Å². The summed E-state index contributed by atoms with van der Waals surface area (Å²) in [6, 6.07) is 9.69. The van der Waals surface area contributed by atoms with Crippen LogP contribution in [0.1, 0.15) is 33.6 Å². The van der Waals surface area contributed by atoms with E-state index in [0.29, 0.717) is 25.6 Å². The van der Waals surface area contributed by atoms with Gasteiger partial charge in [-0.3, -0.25) is 9.69 Å². The number of hydrogen-bond donors (Lipinski definition) is 0. The van der Waals surface area contributed by atoms with Gasteiger partial charge in [-0.2, -0.15) is 0 Å². The molecule has 1 fully saturated rings. The average molecular weight is 402 g/mol. The summed E-state index contributed by atoms with van der Waals surface area (Å²) in [5.74, 6) is 0.399. The first-order chi connectivity index (χ1) is 13.7. The van der Waals surface area contributed by atoms with Gasteiger partial charge in [-0.25, -0.2) is 4.79 Å². The molecule has 6 nitrogen and oxygen atoms in total. The minimum Gasteiger partial charge on any atom is -0.444 e. The van der Waals surface area contributed by atoms with Gasteiger partial charge in [0.25, 0.3) is 0 Å². The first-order valence-electron chi connectivity index (χ1n) is 10.3. The standard InChI is InChI=1S/C23H35N3O3/c1-6-14-26(20-12-8-7-9-13-20)21(27)18-25-15-10-11-19(17-25)16-24(5)22(28)29-23(2,3)4/h6-9,12-13,19H,1,10-11,14-18H2,2-5H3. The van der Waals surface area contributed by atoms with Gasteiger partial charge in [0, 0.05) is 32.4 Å². The molecule has 1 heterocycles. The lowest BCUT2D eigenvalue weighted by Crippen LogP contribution is -2.47. The van der Waals surface area contributed by atoms with Crippen molar-refractivity contribution in [1.82, 2.24) is 9.80 Å². The zero-order valence-corrected chi connectivity index (χ0v) is 18.3. The third-order valence-corrected chi connectivity index (χ3v) is 4.88. The number of nitrogens with zero attached hydrogens (tertiary/aromatic N) is 3. The number of ether oxygens (including phenoxy) is 1. The van der Waals surface area contributed by atoms with Crippen LogP contribution in [0, 0.1) is 5.92 Å². The highest BCUT2D eigenvalue weighted by Crippen LogP contribution is 2.20. The summed E-state index contributed by atoms with van der Waals surface area (Å²) in [5, 5.41) is 0. The topological polar surface area (TPSA) is 53.1 Å². The van der Waals surface area contributed by atoms with Crippen molar-refractivity contribution in [3.63, 3.8) is 0 Å². The van der Waals surface area contributed by atoms with Crippen LogP contribution in [-0.4, -0.2) is 67.2 Å². The molecular weight excluding hydrogens is 366 g/mol. The lowest BCUT2D eigenvalue weighted by molar-refractivity contribution is -0.120. The largest absolute Gasteiger partial charge is 0.444 e. The molecule has 0 aromatic heterocycles. The number of amides is 2. The normalized spacial score (nSPS) is 17.4. The Kier molecular flexibility index (Phi) is 8.26. The number of hydrogen-bond acceptors (Lipinski definition) is 4. The predicted molar refractivity (Wildman–Crippen MR) is 117 cm³/mol. The van der Waals surface area contributed by atoms with Gasteiger partial charge in [-0.1, -0.05) is 24.3 Å². The van der Waals surface area contributed by atoms with E-state index in [4.69, 9.17) is 4.74 Å². The lowest BCUT2D eigenvalue weighted by atomic mass is 9.97. The quantitative estimate of drug-likeness (QED) is 0.653. The summed E-state index contributed by atoms with van der Waals surface area (Å²) < 4.78 is 5.44. The van der Waals surface area contributed by atoms with Gasteiger partial charge in [0.05, 0.1) is 6.54 Å². The fourth-order valence-electron chi connectivity index (χ4n) is 3.61. The summed E-state index contributed by atoms with van der Waals surface area (Å²) in [7, 11) is 1.78. The van der Waals surface area contributed by atoms with Crippen molar-refractivity contribution in [3.05, 3.63) is 43.0 Å². The molecule has 6 heteroatoms. The van der Waals surface area contributed by atoms with Crippen LogP contribution in [0.5, 0.6) is 0 Å². The smallest absolute Gasteiger partial charge is 0.410 e. The van der Waals surface area contributed by atoms with Crippen LogP contribution in [0.15, 0.2) is 43.0 Å². The van der Waals surface area contributed by atoms with E-state index in [1.54, 1.807) is 22.9 Å². The number of benzene rings is 1. The molecule has 1 atom stereocenters. The number of para-hydroxylation sites is 1. The van der Waals surface area contributed by atoms with Crippen molar-refractivity contribution >= 4 is 17.7 Å². The third kappa shape index (κ3) is 7.54. The number of carbonyl (C=O) groups is 2. The highest BCUT2D eigenvalue weighted by molar-refractivity contribution is 5.95. The SMILES string of the molecule is C=CCN(C(=O)CN1CCCC(CN(C)C(=O)OC(C)(C)C)C1)c1ccccc1. The van der Waals surface area contributed by atoms with Crippen LogP contribution in [-0.2, 0) is 9.53 Å².